The van der Waals surface area contributed by atoms with Crippen LogP contribution in [0, 0.1) is 63.6 Å². The fourth-order valence-corrected chi connectivity index (χ4v) is 14.7. The van der Waals surface area contributed by atoms with E-state index in [0.29, 0.717) is 18.8 Å². The van der Waals surface area contributed by atoms with Crippen LogP contribution in [0.1, 0.15) is 86.5 Å². The van der Waals surface area contributed by atoms with Crippen molar-refractivity contribution >= 4 is 5.97 Å². The number of esters is 1. The molecule has 3 heterocycles. The van der Waals surface area contributed by atoms with Gasteiger partial charge in [-0.2, -0.15) is 0 Å². The van der Waals surface area contributed by atoms with Crippen LogP contribution < -0.4 is 0 Å². The van der Waals surface area contributed by atoms with Crippen molar-refractivity contribution in [2.75, 3.05) is 19.8 Å². The van der Waals surface area contributed by atoms with Gasteiger partial charge in [-0.25, -0.2) is 0 Å². The zero-order valence-electron chi connectivity index (χ0n) is 38.8. The van der Waals surface area contributed by atoms with Crippen molar-refractivity contribution in [1.82, 2.24) is 0 Å². The van der Waals surface area contributed by atoms with E-state index >= 15 is 0 Å². The molecule has 12 N–H and O–H groups in total. The second-order valence-corrected chi connectivity index (χ2v) is 22.2. The number of hydrogen-bond acceptors (Lipinski definition) is 19. The van der Waals surface area contributed by atoms with Gasteiger partial charge < -0.3 is 89.7 Å². The van der Waals surface area contributed by atoms with Crippen molar-refractivity contribution in [3.05, 3.63) is 11.6 Å². The van der Waals surface area contributed by atoms with E-state index in [9.17, 15) is 66.1 Å². The second kappa shape index (κ2) is 18.9. The molecule has 3 aliphatic heterocycles. The first kappa shape index (κ1) is 50.9. The van der Waals surface area contributed by atoms with Crippen molar-refractivity contribution in [1.29, 1.82) is 0 Å². The Kier molecular flexibility index (Phi) is 14.6. The fourth-order valence-electron chi connectivity index (χ4n) is 14.7. The molecule has 19 heteroatoms. The molecule has 0 spiro atoms. The van der Waals surface area contributed by atoms with Crippen LogP contribution in [0.25, 0.3) is 0 Å². The van der Waals surface area contributed by atoms with Crippen molar-refractivity contribution in [2.24, 2.45) is 63.6 Å². The second-order valence-electron chi connectivity index (χ2n) is 22.2. The van der Waals surface area contributed by atoms with E-state index in [0.717, 1.165) is 32.1 Å². The highest BCUT2D eigenvalue weighted by atomic mass is 16.8. The molecule has 378 valence electrons. The summed E-state index contributed by atoms with van der Waals surface area (Å²) in [6.07, 6.45) is -18.6. The van der Waals surface area contributed by atoms with Gasteiger partial charge in [0.15, 0.2) is 12.6 Å². The van der Waals surface area contributed by atoms with Gasteiger partial charge in [0.05, 0.1) is 44.1 Å². The number of rotatable bonds is 9. The lowest BCUT2D eigenvalue weighted by atomic mass is 9.38. The molecule has 0 aromatic heterocycles. The first-order valence-electron chi connectivity index (χ1n) is 24.2. The minimum absolute atomic E-state index is 0.0458. The van der Waals surface area contributed by atoms with Gasteiger partial charge in [0.2, 0.25) is 6.29 Å². The molecule has 8 aliphatic rings. The molecular weight excluding hydrogens is 868 g/mol. The number of fused-ring (bicyclic) bond motifs is 7. The first-order valence-corrected chi connectivity index (χ1v) is 24.2. The van der Waals surface area contributed by atoms with Crippen LogP contribution in [-0.4, -0.2) is 191 Å². The van der Waals surface area contributed by atoms with E-state index in [1.807, 2.05) is 6.92 Å². The van der Waals surface area contributed by atoms with Gasteiger partial charge in [0.25, 0.3) is 0 Å². The van der Waals surface area contributed by atoms with Crippen LogP contribution in [0.2, 0.25) is 0 Å². The first-order chi connectivity index (χ1) is 31.0. The van der Waals surface area contributed by atoms with Crippen molar-refractivity contribution in [2.45, 2.75) is 191 Å². The molecule has 0 aromatic carbocycles. The molecule has 8 rings (SSSR count). The SMILES string of the molecule is CC1CC(C(=O)O[C@@H]2OC(CO[C@@H]3OC(CO)C(O[C@@H]4OC(C)C(O)[C@H](O)[C@@H]4O)[C@@H](O)[C@@H]3O)C(O)[C@@H](O)[C@@H]2O)C2CCC3(C)C(=CCC4C3CCC3C(C)(CO)C(O)C(O)CC43C)C2C1C. The molecule has 0 amide bonds. The summed E-state index contributed by atoms with van der Waals surface area (Å²) < 4.78 is 34.3. The van der Waals surface area contributed by atoms with Crippen LogP contribution in [0.3, 0.4) is 0 Å². The average Bonchev–Trinajstić information content (AvgIpc) is 3.29. The van der Waals surface area contributed by atoms with Gasteiger partial charge in [-0.15, -0.1) is 0 Å². The molecule has 5 aliphatic carbocycles. The molecule has 0 radical (unpaired) electrons. The third-order valence-electron chi connectivity index (χ3n) is 18.8. The van der Waals surface area contributed by atoms with Gasteiger partial charge in [0, 0.05) is 5.41 Å². The fraction of sp³-hybridized carbons (Fsp3) is 0.936. The zero-order chi connectivity index (χ0) is 48.1. The minimum atomic E-state index is -1.85. The lowest BCUT2D eigenvalue weighted by Crippen LogP contribution is -2.65. The maximum absolute atomic E-state index is 14.4. The Bertz CT molecular complexity index is 1750. The Morgan fingerprint density at radius 2 is 1.39 bits per heavy atom. The smallest absolute Gasteiger partial charge is 0.311 e. The molecule has 0 aromatic rings. The summed E-state index contributed by atoms with van der Waals surface area (Å²) in [5.74, 6) is -0.222. The third-order valence-corrected chi connectivity index (χ3v) is 18.8. The number of hydrogen-bond donors (Lipinski definition) is 12. The predicted octanol–water partition coefficient (Wildman–Crippen LogP) is -1.57. The summed E-state index contributed by atoms with van der Waals surface area (Å²) in [6.45, 7) is 10.7. The zero-order valence-corrected chi connectivity index (χ0v) is 38.8. The highest BCUT2D eigenvalue weighted by Crippen LogP contribution is 2.70. The maximum Gasteiger partial charge on any atom is 0.311 e. The normalized spacial score (nSPS) is 56.2. The lowest BCUT2D eigenvalue weighted by Gasteiger charge is -2.67. The van der Waals surface area contributed by atoms with Gasteiger partial charge in [-0.3, -0.25) is 4.79 Å². The van der Waals surface area contributed by atoms with E-state index < -0.39 is 135 Å². The van der Waals surface area contributed by atoms with Gasteiger partial charge in [-0.1, -0.05) is 46.3 Å². The van der Waals surface area contributed by atoms with Crippen LogP contribution in [0.15, 0.2) is 11.6 Å². The summed E-state index contributed by atoms with van der Waals surface area (Å²) in [7, 11) is 0. The highest BCUT2D eigenvalue weighted by Gasteiger charge is 2.66. The number of aliphatic hydroxyl groups is 12. The summed E-state index contributed by atoms with van der Waals surface area (Å²) >= 11 is 0. The highest BCUT2D eigenvalue weighted by molar-refractivity contribution is 5.73. The maximum atomic E-state index is 14.4. The van der Waals surface area contributed by atoms with Crippen LogP contribution in [0.4, 0.5) is 0 Å². The van der Waals surface area contributed by atoms with Crippen LogP contribution in [-0.2, 0) is 33.2 Å². The van der Waals surface area contributed by atoms with Crippen LogP contribution >= 0.6 is 0 Å². The van der Waals surface area contributed by atoms with E-state index in [2.05, 4.69) is 33.8 Å². The molecular formula is C47H76O19. The summed E-state index contributed by atoms with van der Waals surface area (Å²) in [5, 5.41) is 129. The Labute approximate surface area is 385 Å². The molecule has 4 saturated carbocycles. The topological polar surface area (TPSA) is 315 Å². The third kappa shape index (κ3) is 8.24. The minimum Gasteiger partial charge on any atom is -0.432 e. The quantitative estimate of drug-likeness (QED) is 0.0918. The van der Waals surface area contributed by atoms with Gasteiger partial charge in [-0.05, 0) is 104 Å². The Hall–Kier alpha value is -1.47. The summed E-state index contributed by atoms with van der Waals surface area (Å²) in [5.41, 5.74) is 0.0866. The van der Waals surface area contributed by atoms with Crippen molar-refractivity contribution in [3.63, 3.8) is 0 Å². The molecule has 28 atom stereocenters. The van der Waals surface area contributed by atoms with Gasteiger partial charge >= 0.3 is 5.97 Å². The number of aliphatic hydroxyl groups excluding tert-OH is 12. The molecule has 66 heavy (non-hydrogen) atoms. The lowest BCUT2D eigenvalue weighted by molar-refractivity contribution is -0.361. The Morgan fingerprint density at radius 1 is 0.742 bits per heavy atom. The number of ether oxygens (including phenoxy) is 6. The molecule has 3 saturated heterocycles. The number of carbonyl (C=O) groups is 1. The van der Waals surface area contributed by atoms with Crippen molar-refractivity contribution < 1.29 is 94.5 Å². The number of allylic oxidation sites excluding steroid dienone is 2. The average molecular weight is 945 g/mol. The Balaban J connectivity index is 0.933. The number of carbonyl (C=O) groups excluding carboxylic acids is 1. The molecule has 7 fully saturated rings. The Morgan fingerprint density at radius 3 is 2.08 bits per heavy atom. The van der Waals surface area contributed by atoms with E-state index in [4.69, 9.17) is 28.4 Å². The molecule has 19 nitrogen and oxygen atoms in total. The predicted molar refractivity (Wildman–Crippen MR) is 227 cm³/mol. The standard InChI is InChI=1S/C47H76O19/c1-18-13-22(21-11-12-45(4)23-9-10-29-46(5,14-26(50)40(59)47(29,6)17-49)24(23)7-8-25(45)30(21)19(18)2)41(60)66-44-37(57)34(54)32(52)28(64-44)16-61-42-38(58)35(55)39(27(15-48)63-42)65-43-36(56)33(53)31(51)20(3)62-43/h8,18-24,26-40,42-44,48-59H,7,9-17H2,1-6H3/t18?,19?,20?,21?,22?,23?,24?,26?,27?,28?,29?,30?,31?,32?,33-,34+,35-,36-,37-,38-,39?,40?,42+,43-,44-,45?,46?,47?/m0/s1. The monoisotopic (exact) mass is 944 g/mol. The van der Waals surface area contributed by atoms with E-state index in [1.165, 1.54) is 12.5 Å². The van der Waals surface area contributed by atoms with E-state index in [1.54, 1.807) is 0 Å². The van der Waals surface area contributed by atoms with Crippen LogP contribution in [0.5, 0.6) is 0 Å². The molecule has 19 unspecified atom stereocenters. The van der Waals surface area contributed by atoms with E-state index in [-0.39, 0.29) is 52.9 Å². The summed E-state index contributed by atoms with van der Waals surface area (Å²) in [4.78, 5) is 14.4. The molecule has 0 bridgehead atoms. The van der Waals surface area contributed by atoms with Gasteiger partial charge in [0.1, 0.15) is 67.1 Å². The largest absolute Gasteiger partial charge is 0.432 e. The summed E-state index contributed by atoms with van der Waals surface area (Å²) in [6, 6.07) is 0. The van der Waals surface area contributed by atoms with Crippen molar-refractivity contribution in [3.8, 4) is 0 Å².